The van der Waals surface area contributed by atoms with Crippen LogP contribution in [0.1, 0.15) is 11.3 Å². The van der Waals surface area contributed by atoms with Crippen LogP contribution in [0.2, 0.25) is 5.02 Å². The van der Waals surface area contributed by atoms with Crippen molar-refractivity contribution >= 4 is 17.3 Å². The molecule has 2 aromatic rings. The molecule has 0 radical (unpaired) electrons. The fraction of sp³-hybridized carbons (Fsp3) is 0.231. The first kappa shape index (κ1) is 12.0. The molecule has 1 heterocycles. The van der Waals surface area contributed by atoms with Crippen LogP contribution in [0.4, 0.5) is 5.69 Å². The molecular formula is C13H15ClN2O. The van der Waals surface area contributed by atoms with Gasteiger partial charge in [-0.1, -0.05) is 17.7 Å². The van der Waals surface area contributed by atoms with Crippen molar-refractivity contribution in [3.05, 3.63) is 52.9 Å². The molecule has 0 aliphatic carbocycles. The minimum atomic E-state index is 0.502. The van der Waals surface area contributed by atoms with Crippen molar-refractivity contribution in [2.75, 3.05) is 11.9 Å². The lowest BCUT2D eigenvalue weighted by Gasteiger charge is -2.19. The maximum Gasteiger partial charge on any atom is 0.123 e. The van der Waals surface area contributed by atoms with E-state index in [1.165, 1.54) is 0 Å². The van der Waals surface area contributed by atoms with Gasteiger partial charge in [-0.05, 0) is 29.8 Å². The lowest BCUT2D eigenvalue weighted by Crippen LogP contribution is -2.16. The molecular weight excluding hydrogens is 236 g/mol. The van der Waals surface area contributed by atoms with Crippen molar-refractivity contribution < 1.29 is 4.42 Å². The first-order valence-corrected chi connectivity index (χ1v) is 5.80. The molecule has 3 nitrogen and oxygen atoms in total. The van der Waals surface area contributed by atoms with E-state index >= 15 is 0 Å². The van der Waals surface area contributed by atoms with Crippen LogP contribution in [-0.4, -0.2) is 7.05 Å². The van der Waals surface area contributed by atoms with E-state index in [2.05, 4.69) is 0 Å². The molecule has 0 aliphatic rings. The second-order valence-electron chi connectivity index (χ2n) is 3.93. The van der Waals surface area contributed by atoms with Crippen molar-refractivity contribution in [3.8, 4) is 0 Å². The average molecular weight is 251 g/mol. The Bertz CT molecular complexity index is 482. The Balaban J connectivity index is 2.16. The van der Waals surface area contributed by atoms with Crippen LogP contribution < -0.4 is 10.6 Å². The summed E-state index contributed by atoms with van der Waals surface area (Å²) in [7, 11) is 1.98. The zero-order valence-electron chi connectivity index (χ0n) is 9.69. The van der Waals surface area contributed by atoms with Gasteiger partial charge in [0.25, 0.3) is 0 Å². The number of hydrogen-bond acceptors (Lipinski definition) is 3. The normalized spacial score (nSPS) is 10.5. The Kier molecular flexibility index (Phi) is 3.71. The molecule has 0 saturated carbocycles. The van der Waals surface area contributed by atoms with Gasteiger partial charge < -0.3 is 15.1 Å². The number of halogens is 1. The molecule has 4 heteroatoms. The Morgan fingerprint density at radius 3 is 2.76 bits per heavy atom. The van der Waals surface area contributed by atoms with Crippen LogP contribution in [0.15, 0.2) is 41.0 Å². The Hall–Kier alpha value is -1.45. The summed E-state index contributed by atoms with van der Waals surface area (Å²) in [5, 5.41) is 0.710. The average Bonchev–Trinajstić information content (AvgIpc) is 2.81. The van der Waals surface area contributed by atoms with Gasteiger partial charge in [-0.25, -0.2) is 0 Å². The SMILES string of the molecule is CN(Cc1ccco1)c1ccc(CN)cc1Cl. The van der Waals surface area contributed by atoms with E-state index < -0.39 is 0 Å². The number of anilines is 1. The molecule has 2 N–H and O–H groups in total. The number of benzene rings is 1. The summed E-state index contributed by atoms with van der Waals surface area (Å²) in [6, 6.07) is 9.68. The number of rotatable bonds is 4. The summed E-state index contributed by atoms with van der Waals surface area (Å²) in [4.78, 5) is 2.04. The highest BCUT2D eigenvalue weighted by Gasteiger charge is 2.08. The lowest BCUT2D eigenvalue weighted by atomic mass is 10.2. The fourth-order valence-corrected chi connectivity index (χ4v) is 2.06. The molecule has 0 unspecified atom stereocenters. The van der Waals surface area contributed by atoms with Crippen molar-refractivity contribution in [2.24, 2.45) is 5.73 Å². The quantitative estimate of drug-likeness (QED) is 0.907. The highest BCUT2D eigenvalue weighted by Crippen LogP contribution is 2.27. The van der Waals surface area contributed by atoms with Gasteiger partial charge in [-0.3, -0.25) is 0 Å². The lowest BCUT2D eigenvalue weighted by molar-refractivity contribution is 0.507. The van der Waals surface area contributed by atoms with Crippen molar-refractivity contribution in [1.29, 1.82) is 0 Å². The van der Waals surface area contributed by atoms with Gasteiger partial charge in [0.1, 0.15) is 5.76 Å². The van der Waals surface area contributed by atoms with Crippen LogP contribution in [0, 0.1) is 0 Å². The summed E-state index contributed by atoms with van der Waals surface area (Å²) in [6.45, 7) is 1.19. The molecule has 0 atom stereocenters. The van der Waals surface area contributed by atoms with E-state index in [4.69, 9.17) is 21.8 Å². The van der Waals surface area contributed by atoms with E-state index in [0.717, 1.165) is 17.0 Å². The monoisotopic (exact) mass is 250 g/mol. The van der Waals surface area contributed by atoms with Gasteiger partial charge in [0.05, 0.1) is 23.5 Å². The Morgan fingerprint density at radius 2 is 2.18 bits per heavy atom. The Morgan fingerprint density at radius 1 is 1.35 bits per heavy atom. The van der Waals surface area contributed by atoms with Gasteiger partial charge in [0.2, 0.25) is 0 Å². The molecule has 17 heavy (non-hydrogen) atoms. The van der Waals surface area contributed by atoms with Crippen LogP contribution in [0.3, 0.4) is 0 Å². The van der Waals surface area contributed by atoms with E-state index in [9.17, 15) is 0 Å². The fourth-order valence-electron chi connectivity index (χ4n) is 1.71. The van der Waals surface area contributed by atoms with Crippen LogP contribution in [0.5, 0.6) is 0 Å². The minimum absolute atomic E-state index is 0.502. The predicted molar refractivity (Wildman–Crippen MR) is 70.2 cm³/mol. The van der Waals surface area contributed by atoms with Crippen LogP contribution in [-0.2, 0) is 13.1 Å². The van der Waals surface area contributed by atoms with Gasteiger partial charge >= 0.3 is 0 Å². The van der Waals surface area contributed by atoms with Crippen LogP contribution >= 0.6 is 11.6 Å². The highest BCUT2D eigenvalue weighted by atomic mass is 35.5. The van der Waals surface area contributed by atoms with Gasteiger partial charge in [0, 0.05) is 13.6 Å². The first-order chi connectivity index (χ1) is 8.20. The van der Waals surface area contributed by atoms with E-state index in [-0.39, 0.29) is 0 Å². The first-order valence-electron chi connectivity index (χ1n) is 5.42. The third-order valence-corrected chi connectivity index (χ3v) is 2.93. The highest BCUT2D eigenvalue weighted by molar-refractivity contribution is 6.33. The predicted octanol–water partition coefficient (Wildman–Crippen LogP) is 3.03. The summed E-state index contributed by atoms with van der Waals surface area (Å²) in [5.74, 6) is 0.909. The minimum Gasteiger partial charge on any atom is -0.467 e. The molecule has 1 aromatic heterocycles. The summed E-state index contributed by atoms with van der Waals surface area (Å²) in [6.07, 6.45) is 1.67. The molecule has 1 aromatic carbocycles. The topological polar surface area (TPSA) is 42.4 Å². The van der Waals surface area contributed by atoms with E-state index in [0.29, 0.717) is 18.1 Å². The third-order valence-electron chi connectivity index (χ3n) is 2.63. The van der Waals surface area contributed by atoms with Gasteiger partial charge in [-0.15, -0.1) is 0 Å². The van der Waals surface area contributed by atoms with Gasteiger partial charge in [-0.2, -0.15) is 0 Å². The summed E-state index contributed by atoms with van der Waals surface area (Å²) in [5.41, 5.74) is 7.57. The van der Waals surface area contributed by atoms with E-state index in [1.807, 2.05) is 42.3 Å². The molecule has 0 saturated heterocycles. The second-order valence-corrected chi connectivity index (χ2v) is 4.33. The number of hydrogen-bond donors (Lipinski definition) is 1. The van der Waals surface area contributed by atoms with Crippen molar-refractivity contribution in [1.82, 2.24) is 0 Å². The summed E-state index contributed by atoms with van der Waals surface area (Å²) >= 11 is 6.22. The smallest absolute Gasteiger partial charge is 0.123 e. The number of nitrogens with two attached hydrogens (primary N) is 1. The molecule has 0 fully saturated rings. The molecule has 90 valence electrons. The van der Waals surface area contributed by atoms with Crippen LogP contribution in [0.25, 0.3) is 0 Å². The second kappa shape index (κ2) is 5.25. The third kappa shape index (κ3) is 2.81. The zero-order valence-corrected chi connectivity index (χ0v) is 10.4. The maximum atomic E-state index is 6.22. The number of nitrogens with zero attached hydrogens (tertiary/aromatic N) is 1. The van der Waals surface area contributed by atoms with Gasteiger partial charge in [0.15, 0.2) is 0 Å². The molecule has 0 amide bonds. The largest absolute Gasteiger partial charge is 0.467 e. The van der Waals surface area contributed by atoms with Crippen molar-refractivity contribution in [2.45, 2.75) is 13.1 Å². The molecule has 0 aliphatic heterocycles. The maximum absolute atomic E-state index is 6.22. The summed E-state index contributed by atoms with van der Waals surface area (Å²) < 4.78 is 5.31. The zero-order chi connectivity index (χ0) is 12.3. The molecule has 0 bridgehead atoms. The number of furan rings is 1. The standard InChI is InChI=1S/C13H15ClN2O/c1-16(9-11-3-2-6-17-11)13-5-4-10(8-15)7-12(13)14/h2-7H,8-9,15H2,1H3. The molecule has 2 rings (SSSR count). The van der Waals surface area contributed by atoms with Crippen molar-refractivity contribution in [3.63, 3.8) is 0 Å². The Labute approximate surface area is 106 Å². The molecule has 0 spiro atoms. The van der Waals surface area contributed by atoms with E-state index in [1.54, 1.807) is 6.26 Å².